The Kier molecular flexibility index (Phi) is 8.92. The largest absolute Gasteiger partial charge is 0.462 e. The summed E-state index contributed by atoms with van der Waals surface area (Å²) < 4.78 is 5.35. The number of allylic oxidation sites excluding steroid dienone is 1. The number of pyridine rings is 1. The molecule has 1 aromatic rings. The van der Waals surface area contributed by atoms with Crippen LogP contribution in [0.2, 0.25) is 0 Å². The van der Waals surface area contributed by atoms with Gasteiger partial charge < -0.3 is 9.84 Å². The lowest BCUT2D eigenvalue weighted by atomic mass is 10.0. The minimum absolute atomic E-state index is 0.0876. The number of aliphatic hydroxyl groups excluding tert-OH is 1. The van der Waals surface area contributed by atoms with Crippen molar-refractivity contribution in [1.82, 2.24) is 4.98 Å². The van der Waals surface area contributed by atoms with E-state index < -0.39 is 6.10 Å². The highest BCUT2D eigenvalue weighted by Gasteiger charge is 2.20. The fourth-order valence-corrected chi connectivity index (χ4v) is 2.89. The van der Waals surface area contributed by atoms with Gasteiger partial charge in [-0.2, -0.15) is 0 Å². The molecule has 1 saturated heterocycles. The topological polar surface area (TPSA) is 59.4 Å². The zero-order chi connectivity index (χ0) is 18.6. The minimum atomic E-state index is -0.679. The van der Waals surface area contributed by atoms with Crippen LogP contribution in [-0.2, 0) is 16.0 Å². The number of rotatable bonds is 8. The van der Waals surface area contributed by atoms with E-state index in [1.165, 1.54) is 19.3 Å². The van der Waals surface area contributed by atoms with Crippen molar-refractivity contribution < 1.29 is 14.6 Å². The second-order valence-electron chi connectivity index (χ2n) is 6.71. The Morgan fingerprint density at radius 3 is 3.08 bits per heavy atom. The zero-order valence-corrected chi connectivity index (χ0v) is 15.6. The average Bonchev–Trinajstić information content (AvgIpc) is 2.63. The molecular formula is C22H29NO3. The van der Waals surface area contributed by atoms with Gasteiger partial charge in [-0.1, -0.05) is 43.9 Å². The van der Waals surface area contributed by atoms with Crippen LogP contribution in [0.15, 0.2) is 30.4 Å². The Balaban J connectivity index is 1.82. The number of carbonyl (C=O) groups excluding carboxylic acids is 1. The van der Waals surface area contributed by atoms with Gasteiger partial charge in [-0.3, -0.25) is 4.79 Å². The van der Waals surface area contributed by atoms with Gasteiger partial charge in [0, 0.05) is 25.0 Å². The first-order chi connectivity index (χ1) is 12.7. The van der Waals surface area contributed by atoms with E-state index in [-0.39, 0.29) is 12.1 Å². The number of aliphatic hydroxyl groups is 1. The monoisotopic (exact) mass is 355 g/mol. The summed E-state index contributed by atoms with van der Waals surface area (Å²) in [5.74, 6) is 5.66. The van der Waals surface area contributed by atoms with Gasteiger partial charge in [-0.15, -0.1) is 0 Å². The number of cyclic esters (lactones) is 1. The molecule has 26 heavy (non-hydrogen) atoms. The molecule has 140 valence electrons. The number of ether oxygens (including phenoxy) is 1. The highest BCUT2D eigenvalue weighted by atomic mass is 16.5. The second kappa shape index (κ2) is 11.5. The molecule has 4 nitrogen and oxygen atoms in total. The average molecular weight is 355 g/mol. The first-order valence-electron chi connectivity index (χ1n) is 9.67. The van der Waals surface area contributed by atoms with Gasteiger partial charge in [0.1, 0.15) is 17.9 Å². The molecule has 1 aliphatic rings. The molecule has 2 unspecified atom stereocenters. The van der Waals surface area contributed by atoms with Crippen molar-refractivity contribution in [2.24, 2.45) is 0 Å². The normalized spacial score (nSPS) is 18.2. The van der Waals surface area contributed by atoms with Crippen LogP contribution in [0.4, 0.5) is 0 Å². The lowest BCUT2D eigenvalue weighted by molar-refractivity contribution is -0.153. The number of hydrogen-bond donors (Lipinski definition) is 1. The van der Waals surface area contributed by atoms with Crippen LogP contribution in [0.5, 0.6) is 0 Å². The smallest absolute Gasteiger partial charge is 0.306 e. The molecule has 1 N–H and O–H groups in total. The van der Waals surface area contributed by atoms with Crippen LogP contribution in [-0.4, -0.2) is 28.3 Å². The summed E-state index contributed by atoms with van der Waals surface area (Å²) in [7, 11) is 0. The van der Waals surface area contributed by atoms with Crippen molar-refractivity contribution in [2.75, 3.05) is 0 Å². The Hall–Kier alpha value is -2.12. The predicted molar refractivity (Wildman–Crippen MR) is 102 cm³/mol. The number of unbranched alkanes of at least 4 members (excludes halogenated alkanes) is 3. The summed E-state index contributed by atoms with van der Waals surface area (Å²) in [6.07, 6.45) is 11.5. The summed E-state index contributed by atoms with van der Waals surface area (Å²) in [5.41, 5.74) is 1.50. The van der Waals surface area contributed by atoms with Gasteiger partial charge in [-0.05, 0) is 43.7 Å². The van der Waals surface area contributed by atoms with Gasteiger partial charge in [0.25, 0.3) is 0 Å². The van der Waals surface area contributed by atoms with Crippen molar-refractivity contribution in [3.8, 4) is 11.8 Å². The zero-order valence-electron chi connectivity index (χ0n) is 15.6. The molecule has 1 fully saturated rings. The molecule has 1 aromatic heterocycles. The number of carbonyl (C=O) groups is 1. The lowest BCUT2D eigenvalue weighted by Gasteiger charge is -2.21. The molecule has 2 atom stereocenters. The molecule has 1 aliphatic heterocycles. The number of hydrogen-bond acceptors (Lipinski definition) is 4. The number of aromatic nitrogens is 1. The van der Waals surface area contributed by atoms with Gasteiger partial charge in [0.15, 0.2) is 0 Å². The Morgan fingerprint density at radius 1 is 1.38 bits per heavy atom. The quantitative estimate of drug-likeness (QED) is 0.332. The number of esters is 1. The SMILES string of the molecule is CCCCC/C=C/CC(O)C#Cc1cccc(CC2CCCC(=O)O2)n1. The summed E-state index contributed by atoms with van der Waals surface area (Å²) in [4.78, 5) is 15.9. The Morgan fingerprint density at radius 2 is 2.27 bits per heavy atom. The molecule has 0 amide bonds. The molecule has 2 rings (SSSR count). The molecule has 0 aromatic carbocycles. The van der Waals surface area contributed by atoms with Crippen LogP contribution in [0.25, 0.3) is 0 Å². The highest BCUT2D eigenvalue weighted by Crippen LogP contribution is 2.17. The maximum absolute atomic E-state index is 11.4. The molecule has 0 saturated carbocycles. The first-order valence-corrected chi connectivity index (χ1v) is 9.67. The van der Waals surface area contributed by atoms with Crippen molar-refractivity contribution in [3.05, 3.63) is 41.7 Å². The fraction of sp³-hybridized carbons (Fsp3) is 0.545. The van der Waals surface area contributed by atoms with E-state index >= 15 is 0 Å². The van der Waals surface area contributed by atoms with Crippen LogP contribution in [0.3, 0.4) is 0 Å². The summed E-state index contributed by atoms with van der Waals surface area (Å²) in [6, 6.07) is 5.65. The standard InChI is InChI=1S/C22H29NO3/c1-2-3-4-5-6-7-12-20(24)16-15-18-10-8-11-19(23-18)17-21-13-9-14-22(25)26-21/h6-8,10-11,20-21,24H,2-5,9,12-14,17H2,1H3/b7-6+. The van der Waals surface area contributed by atoms with E-state index in [1.807, 2.05) is 24.3 Å². The third-order valence-corrected chi connectivity index (χ3v) is 4.32. The van der Waals surface area contributed by atoms with Gasteiger partial charge >= 0.3 is 5.97 Å². The summed E-state index contributed by atoms with van der Waals surface area (Å²) in [6.45, 7) is 2.19. The third kappa shape index (κ3) is 7.84. The highest BCUT2D eigenvalue weighted by molar-refractivity contribution is 5.70. The first kappa shape index (κ1) is 20.2. The van der Waals surface area contributed by atoms with Crippen molar-refractivity contribution in [3.63, 3.8) is 0 Å². The van der Waals surface area contributed by atoms with E-state index in [4.69, 9.17) is 4.74 Å². The van der Waals surface area contributed by atoms with Crippen LogP contribution in [0.1, 0.15) is 69.7 Å². The second-order valence-corrected chi connectivity index (χ2v) is 6.71. The molecule has 0 radical (unpaired) electrons. The number of nitrogens with zero attached hydrogens (tertiary/aromatic N) is 1. The molecule has 4 heteroatoms. The summed E-state index contributed by atoms with van der Waals surface area (Å²) >= 11 is 0. The Bertz CT molecular complexity index is 657. The van der Waals surface area contributed by atoms with E-state index in [1.54, 1.807) is 0 Å². The van der Waals surface area contributed by atoms with E-state index in [2.05, 4.69) is 29.8 Å². The van der Waals surface area contributed by atoms with E-state index in [9.17, 15) is 9.90 Å². The van der Waals surface area contributed by atoms with Crippen LogP contribution in [0, 0.1) is 11.8 Å². The van der Waals surface area contributed by atoms with E-state index in [0.29, 0.717) is 25.0 Å². The van der Waals surface area contributed by atoms with E-state index in [0.717, 1.165) is 25.0 Å². The van der Waals surface area contributed by atoms with Crippen molar-refractivity contribution in [2.45, 2.75) is 76.9 Å². The lowest BCUT2D eigenvalue weighted by Crippen LogP contribution is -2.25. The van der Waals surface area contributed by atoms with Gasteiger partial charge in [0.05, 0.1) is 0 Å². The van der Waals surface area contributed by atoms with Crippen molar-refractivity contribution >= 4 is 5.97 Å². The summed E-state index contributed by atoms with van der Waals surface area (Å²) in [5, 5.41) is 9.96. The maximum Gasteiger partial charge on any atom is 0.306 e. The maximum atomic E-state index is 11.4. The van der Waals surface area contributed by atoms with Gasteiger partial charge in [-0.25, -0.2) is 4.98 Å². The predicted octanol–water partition coefficient (Wildman–Crippen LogP) is 3.96. The minimum Gasteiger partial charge on any atom is -0.462 e. The molecule has 0 aliphatic carbocycles. The fourth-order valence-electron chi connectivity index (χ4n) is 2.89. The van der Waals surface area contributed by atoms with Crippen LogP contribution < -0.4 is 0 Å². The molecule has 0 bridgehead atoms. The van der Waals surface area contributed by atoms with Crippen molar-refractivity contribution in [1.29, 1.82) is 0 Å². The third-order valence-electron chi connectivity index (χ3n) is 4.32. The molecular weight excluding hydrogens is 326 g/mol. The van der Waals surface area contributed by atoms with Gasteiger partial charge in [0.2, 0.25) is 0 Å². The Labute approximate surface area is 156 Å². The molecule has 2 heterocycles. The molecule has 0 spiro atoms. The van der Waals surface area contributed by atoms with Crippen LogP contribution >= 0.6 is 0 Å².